The Kier molecular flexibility index (Phi) is 4.05. The van der Waals surface area contributed by atoms with Crippen molar-refractivity contribution in [1.29, 1.82) is 5.26 Å². The number of fused-ring (bicyclic) bond motifs is 1. The van der Waals surface area contributed by atoms with E-state index in [-0.39, 0.29) is 12.6 Å². The highest BCUT2D eigenvalue weighted by molar-refractivity contribution is 5.93. The molecule has 3 aromatic rings. The molecule has 0 aliphatic carbocycles. The Morgan fingerprint density at radius 1 is 1.11 bits per heavy atom. The molecule has 0 atom stereocenters. The molecule has 0 saturated heterocycles. The molecule has 0 saturated carbocycles. The van der Waals surface area contributed by atoms with Gasteiger partial charge in [0.2, 0.25) is 6.79 Å². The van der Waals surface area contributed by atoms with E-state index in [1.54, 1.807) is 7.11 Å². The summed E-state index contributed by atoms with van der Waals surface area (Å²) in [4.78, 5) is 4.40. The lowest BCUT2D eigenvalue weighted by Crippen LogP contribution is -2.04. The lowest BCUT2D eigenvalue weighted by atomic mass is 9.89. The zero-order valence-corrected chi connectivity index (χ0v) is 14.9. The number of hydrogen-bond donors (Lipinski definition) is 1. The van der Waals surface area contributed by atoms with E-state index in [1.807, 2.05) is 49.4 Å². The van der Waals surface area contributed by atoms with Crippen molar-refractivity contribution >= 4 is 5.82 Å². The lowest BCUT2D eigenvalue weighted by Gasteiger charge is -2.18. The summed E-state index contributed by atoms with van der Waals surface area (Å²) in [6, 6.07) is 15.4. The monoisotopic (exact) mass is 359 g/mol. The molecular formula is C21H17N3O3. The highest BCUT2D eigenvalue weighted by Gasteiger charge is 2.23. The summed E-state index contributed by atoms with van der Waals surface area (Å²) in [6.07, 6.45) is 0. The standard InChI is InChI=1S/C21H17N3O3/c1-12-19(14-5-3-4-6-16(14)25-2)20(15(10-22)21(23)24-12)13-7-8-17-18(9-13)27-11-26-17/h3-9H,11H2,1-2H3,(H2,23,24). The highest BCUT2D eigenvalue weighted by atomic mass is 16.7. The van der Waals surface area contributed by atoms with Crippen LogP contribution in [-0.2, 0) is 0 Å². The van der Waals surface area contributed by atoms with Gasteiger partial charge in [-0.05, 0) is 30.7 Å². The summed E-state index contributed by atoms with van der Waals surface area (Å²) < 4.78 is 16.4. The number of anilines is 1. The molecule has 2 aromatic carbocycles. The topological polar surface area (TPSA) is 90.4 Å². The second-order valence-electron chi connectivity index (χ2n) is 6.09. The zero-order valence-electron chi connectivity index (χ0n) is 14.9. The van der Waals surface area contributed by atoms with E-state index in [9.17, 15) is 5.26 Å². The van der Waals surface area contributed by atoms with E-state index >= 15 is 0 Å². The molecule has 6 heteroatoms. The molecule has 0 radical (unpaired) electrons. The SMILES string of the molecule is COc1ccccc1-c1c(C)nc(N)c(C#N)c1-c1ccc2c(c1)OCO2. The van der Waals surface area contributed by atoms with Crippen LogP contribution in [-0.4, -0.2) is 18.9 Å². The number of methoxy groups -OCH3 is 1. The third kappa shape index (κ3) is 2.70. The van der Waals surface area contributed by atoms with Gasteiger partial charge >= 0.3 is 0 Å². The zero-order chi connectivity index (χ0) is 19.0. The molecule has 0 unspecified atom stereocenters. The Hall–Kier alpha value is -3.72. The van der Waals surface area contributed by atoms with Gasteiger partial charge in [-0.3, -0.25) is 0 Å². The van der Waals surface area contributed by atoms with Crippen molar-refractivity contribution in [3.05, 3.63) is 53.7 Å². The molecule has 4 rings (SSSR count). The number of pyridine rings is 1. The van der Waals surface area contributed by atoms with Crippen LogP contribution in [0.25, 0.3) is 22.3 Å². The van der Waals surface area contributed by atoms with Crippen LogP contribution < -0.4 is 19.9 Å². The maximum Gasteiger partial charge on any atom is 0.231 e. The minimum atomic E-state index is 0.181. The van der Waals surface area contributed by atoms with Crippen molar-refractivity contribution in [2.75, 3.05) is 19.6 Å². The normalized spacial score (nSPS) is 11.9. The Balaban J connectivity index is 2.07. The largest absolute Gasteiger partial charge is 0.496 e. The van der Waals surface area contributed by atoms with Crippen molar-refractivity contribution < 1.29 is 14.2 Å². The first-order valence-electron chi connectivity index (χ1n) is 8.37. The molecule has 1 aliphatic heterocycles. The fourth-order valence-corrected chi connectivity index (χ4v) is 3.36. The van der Waals surface area contributed by atoms with Crippen LogP contribution in [0.5, 0.6) is 17.2 Å². The maximum absolute atomic E-state index is 9.79. The summed E-state index contributed by atoms with van der Waals surface area (Å²) in [5, 5.41) is 9.79. The molecule has 0 spiro atoms. The summed E-state index contributed by atoms with van der Waals surface area (Å²) >= 11 is 0. The predicted molar refractivity (Wildman–Crippen MR) is 102 cm³/mol. The Bertz CT molecular complexity index is 1090. The van der Waals surface area contributed by atoms with Crippen molar-refractivity contribution in [3.8, 4) is 45.6 Å². The number of ether oxygens (including phenoxy) is 3. The van der Waals surface area contributed by atoms with Crippen molar-refractivity contribution in [3.63, 3.8) is 0 Å². The molecule has 6 nitrogen and oxygen atoms in total. The number of nitrogens with zero attached hydrogens (tertiary/aromatic N) is 2. The number of hydrogen-bond acceptors (Lipinski definition) is 6. The van der Waals surface area contributed by atoms with Gasteiger partial charge in [0.1, 0.15) is 23.2 Å². The van der Waals surface area contributed by atoms with Gasteiger partial charge in [-0.15, -0.1) is 0 Å². The summed E-state index contributed by atoms with van der Waals surface area (Å²) in [7, 11) is 1.62. The van der Waals surface area contributed by atoms with Crippen LogP contribution in [0, 0.1) is 18.3 Å². The average Bonchev–Trinajstić information content (AvgIpc) is 3.15. The van der Waals surface area contributed by atoms with Crippen LogP contribution in [0.3, 0.4) is 0 Å². The van der Waals surface area contributed by atoms with Crippen LogP contribution >= 0.6 is 0 Å². The molecule has 0 amide bonds. The minimum Gasteiger partial charge on any atom is -0.496 e. The molecule has 1 aromatic heterocycles. The van der Waals surface area contributed by atoms with E-state index < -0.39 is 0 Å². The van der Waals surface area contributed by atoms with Crippen molar-refractivity contribution in [1.82, 2.24) is 4.98 Å². The van der Waals surface area contributed by atoms with E-state index in [1.165, 1.54) is 0 Å². The second kappa shape index (κ2) is 6.54. The first kappa shape index (κ1) is 16.7. The second-order valence-corrected chi connectivity index (χ2v) is 6.09. The van der Waals surface area contributed by atoms with Gasteiger partial charge in [0, 0.05) is 22.4 Å². The summed E-state index contributed by atoms with van der Waals surface area (Å²) in [5.74, 6) is 2.20. The number of benzene rings is 2. The smallest absolute Gasteiger partial charge is 0.231 e. The van der Waals surface area contributed by atoms with Gasteiger partial charge in [-0.25, -0.2) is 4.98 Å². The number of aromatic nitrogens is 1. The van der Waals surface area contributed by atoms with E-state index in [2.05, 4.69) is 11.1 Å². The quantitative estimate of drug-likeness (QED) is 0.762. The molecular weight excluding hydrogens is 342 g/mol. The number of aryl methyl sites for hydroxylation is 1. The van der Waals surface area contributed by atoms with Gasteiger partial charge in [0.15, 0.2) is 11.5 Å². The van der Waals surface area contributed by atoms with E-state index in [0.29, 0.717) is 34.1 Å². The number of nitriles is 1. The van der Waals surface area contributed by atoms with E-state index in [0.717, 1.165) is 16.7 Å². The molecule has 2 heterocycles. The lowest BCUT2D eigenvalue weighted by molar-refractivity contribution is 0.174. The summed E-state index contributed by atoms with van der Waals surface area (Å²) in [5.41, 5.74) is 10.3. The van der Waals surface area contributed by atoms with Gasteiger partial charge in [-0.2, -0.15) is 5.26 Å². The third-order valence-electron chi connectivity index (χ3n) is 4.56. The average molecular weight is 359 g/mol. The molecule has 2 N–H and O–H groups in total. The van der Waals surface area contributed by atoms with Crippen molar-refractivity contribution in [2.45, 2.75) is 6.92 Å². The van der Waals surface area contributed by atoms with Gasteiger partial charge in [0.25, 0.3) is 0 Å². The summed E-state index contributed by atoms with van der Waals surface area (Å²) in [6.45, 7) is 2.05. The number of rotatable bonds is 3. The van der Waals surface area contributed by atoms with Crippen LogP contribution in [0.1, 0.15) is 11.3 Å². The highest BCUT2D eigenvalue weighted by Crippen LogP contribution is 2.44. The van der Waals surface area contributed by atoms with Gasteiger partial charge < -0.3 is 19.9 Å². The molecule has 1 aliphatic rings. The van der Waals surface area contributed by atoms with Gasteiger partial charge in [0.05, 0.1) is 7.11 Å². The van der Waals surface area contributed by atoms with Crippen LogP contribution in [0.2, 0.25) is 0 Å². The third-order valence-corrected chi connectivity index (χ3v) is 4.56. The molecule has 0 bridgehead atoms. The minimum absolute atomic E-state index is 0.181. The van der Waals surface area contributed by atoms with Crippen LogP contribution in [0.4, 0.5) is 5.82 Å². The molecule has 27 heavy (non-hydrogen) atoms. The Morgan fingerprint density at radius 2 is 1.89 bits per heavy atom. The number of para-hydroxylation sites is 1. The first-order valence-corrected chi connectivity index (χ1v) is 8.37. The fraction of sp³-hybridized carbons (Fsp3) is 0.143. The van der Waals surface area contributed by atoms with Crippen molar-refractivity contribution in [2.24, 2.45) is 0 Å². The Morgan fingerprint density at radius 3 is 2.67 bits per heavy atom. The molecule has 134 valence electrons. The number of nitrogen functional groups attached to an aromatic ring is 1. The predicted octanol–water partition coefficient (Wildman–Crippen LogP) is 3.92. The number of nitrogens with two attached hydrogens (primary N) is 1. The fourth-order valence-electron chi connectivity index (χ4n) is 3.36. The van der Waals surface area contributed by atoms with Gasteiger partial charge in [-0.1, -0.05) is 24.3 Å². The first-order chi connectivity index (χ1) is 13.1. The molecule has 0 fully saturated rings. The van der Waals surface area contributed by atoms with E-state index in [4.69, 9.17) is 19.9 Å². The Labute approximate surface area is 156 Å². The van der Waals surface area contributed by atoms with Crippen LogP contribution in [0.15, 0.2) is 42.5 Å². The maximum atomic E-state index is 9.79.